The van der Waals surface area contributed by atoms with E-state index >= 15 is 0 Å². The van der Waals surface area contributed by atoms with Crippen LogP contribution in [-0.2, 0) is 4.74 Å². The van der Waals surface area contributed by atoms with Gasteiger partial charge in [0.2, 0.25) is 0 Å². The summed E-state index contributed by atoms with van der Waals surface area (Å²) < 4.78 is 20.9. The van der Waals surface area contributed by atoms with Crippen molar-refractivity contribution in [3.8, 4) is 0 Å². The molecule has 0 bridgehead atoms. The summed E-state index contributed by atoms with van der Waals surface area (Å²) in [5.74, 6) is -0.874. The van der Waals surface area contributed by atoms with E-state index in [1.807, 2.05) is 51.7 Å². The van der Waals surface area contributed by atoms with Crippen molar-refractivity contribution < 1.29 is 18.7 Å². The minimum absolute atomic E-state index is 0.0901. The van der Waals surface area contributed by atoms with Gasteiger partial charge in [0.1, 0.15) is 16.6 Å². The second-order valence-electron chi connectivity index (χ2n) is 10.9. The topological polar surface area (TPSA) is 101 Å². The van der Waals surface area contributed by atoms with Crippen molar-refractivity contribution in [2.24, 2.45) is 0 Å². The third kappa shape index (κ3) is 5.70. The molecule has 0 atom stereocenters. The van der Waals surface area contributed by atoms with Gasteiger partial charge < -0.3 is 19.9 Å². The molecule has 0 aliphatic carbocycles. The number of thiazole rings is 1. The van der Waals surface area contributed by atoms with Crippen LogP contribution in [0.5, 0.6) is 0 Å². The van der Waals surface area contributed by atoms with E-state index in [0.717, 1.165) is 42.0 Å². The standard InChI is InChI=1S/C29H33FN6O3S/c1-6-36(28(38)39-29(3,4)5)19-10-13-35(14-11-19)23-8-7-21(25-20(23)9-12-31-34-25)27(37)33-18-15-22(30)26-24(16-18)40-17(2)32-26/h7-9,12,15-16,19H,6,10-11,13-14H2,1-5H3,(H,33,37). The first-order chi connectivity index (χ1) is 19.0. The van der Waals surface area contributed by atoms with Crippen LogP contribution in [0.15, 0.2) is 36.5 Å². The van der Waals surface area contributed by atoms with E-state index in [1.54, 1.807) is 18.3 Å². The van der Waals surface area contributed by atoms with Gasteiger partial charge in [-0.1, -0.05) is 0 Å². The van der Waals surface area contributed by atoms with E-state index in [2.05, 4.69) is 25.4 Å². The molecule has 4 aromatic rings. The number of ether oxygens (including phenoxy) is 1. The number of nitrogens with one attached hydrogen (secondary N) is 1. The van der Waals surface area contributed by atoms with Crippen molar-refractivity contribution in [1.29, 1.82) is 0 Å². The zero-order valence-electron chi connectivity index (χ0n) is 23.3. The highest BCUT2D eigenvalue weighted by atomic mass is 32.1. The minimum atomic E-state index is -0.541. The summed E-state index contributed by atoms with van der Waals surface area (Å²) in [7, 11) is 0. The zero-order chi connectivity index (χ0) is 28.6. The first-order valence-corrected chi connectivity index (χ1v) is 14.2. The average molecular weight is 565 g/mol. The number of hydrogen-bond donors (Lipinski definition) is 1. The van der Waals surface area contributed by atoms with Gasteiger partial charge in [0.15, 0.2) is 5.82 Å². The van der Waals surface area contributed by atoms with Crippen LogP contribution in [0.2, 0.25) is 0 Å². The first kappa shape index (κ1) is 27.7. The molecule has 2 aromatic heterocycles. The Kier molecular flexibility index (Phi) is 7.59. The normalized spacial score (nSPS) is 14.5. The van der Waals surface area contributed by atoms with E-state index in [4.69, 9.17) is 4.74 Å². The van der Waals surface area contributed by atoms with Crippen molar-refractivity contribution >= 4 is 55.8 Å². The number of carbonyl (C=O) groups is 2. The van der Waals surface area contributed by atoms with Crippen molar-refractivity contribution in [1.82, 2.24) is 20.1 Å². The lowest BCUT2D eigenvalue weighted by molar-refractivity contribution is 0.0149. The quantitative estimate of drug-likeness (QED) is 0.310. The lowest BCUT2D eigenvalue weighted by Gasteiger charge is -2.39. The molecule has 0 spiro atoms. The van der Waals surface area contributed by atoms with Gasteiger partial charge in [0.25, 0.3) is 5.91 Å². The maximum atomic E-state index is 14.6. The Hall–Kier alpha value is -3.86. The Morgan fingerprint density at radius 3 is 2.62 bits per heavy atom. The molecule has 1 saturated heterocycles. The fourth-order valence-electron chi connectivity index (χ4n) is 5.17. The third-order valence-corrected chi connectivity index (χ3v) is 7.85. The maximum Gasteiger partial charge on any atom is 0.410 e. The zero-order valence-corrected chi connectivity index (χ0v) is 24.1. The number of piperidine rings is 1. The van der Waals surface area contributed by atoms with Crippen LogP contribution in [0.3, 0.4) is 0 Å². The van der Waals surface area contributed by atoms with Crippen molar-refractivity contribution in [3.63, 3.8) is 0 Å². The van der Waals surface area contributed by atoms with Crippen LogP contribution in [-0.4, -0.2) is 63.4 Å². The van der Waals surface area contributed by atoms with Crippen LogP contribution in [0, 0.1) is 12.7 Å². The second kappa shape index (κ2) is 11.0. The summed E-state index contributed by atoms with van der Waals surface area (Å²) in [5.41, 5.74) is 1.89. The number of anilines is 2. The molecule has 1 aliphatic rings. The molecule has 3 heterocycles. The third-order valence-electron chi connectivity index (χ3n) is 6.93. The van der Waals surface area contributed by atoms with E-state index in [-0.39, 0.29) is 12.1 Å². The molecule has 1 aliphatic heterocycles. The summed E-state index contributed by atoms with van der Waals surface area (Å²) in [6.45, 7) is 11.5. The summed E-state index contributed by atoms with van der Waals surface area (Å²) in [6.07, 6.45) is 2.91. The molecule has 0 radical (unpaired) electrons. The second-order valence-corrected chi connectivity index (χ2v) is 12.1. The molecule has 5 rings (SSSR count). The van der Waals surface area contributed by atoms with Gasteiger partial charge in [0.05, 0.1) is 21.5 Å². The van der Waals surface area contributed by atoms with E-state index in [1.165, 1.54) is 17.4 Å². The molecular formula is C29H33FN6O3S. The summed E-state index contributed by atoms with van der Waals surface area (Å²) in [4.78, 5) is 34.3. The Morgan fingerprint density at radius 1 is 1.18 bits per heavy atom. The van der Waals surface area contributed by atoms with E-state index in [9.17, 15) is 14.0 Å². The van der Waals surface area contributed by atoms with Crippen molar-refractivity contribution in [2.75, 3.05) is 29.9 Å². The number of benzene rings is 2. The minimum Gasteiger partial charge on any atom is -0.444 e. The average Bonchev–Trinajstić information content (AvgIpc) is 3.28. The number of rotatable bonds is 5. The molecule has 2 aromatic carbocycles. The Bertz CT molecular complexity index is 1580. The maximum absolute atomic E-state index is 14.6. The van der Waals surface area contributed by atoms with E-state index in [0.29, 0.717) is 33.5 Å². The molecule has 210 valence electrons. The number of fused-ring (bicyclic) bond motifs is 2. The van der Waals surface area contributed by atoms with Crippen LogP contribution in [0.25, 0.3) is 21.1 Å². The Labute approximate surface area is 236 Å². The summed E-state index contributed by atoms with van der Waals surface area (Å²) in [5, 5.41) is 12.7. The molecule has 1 N–H and O–H groups in total. The highest BCUT2D eigenvalue weighted by molar-refractivity contribution is 7.18. The van der Waals surface area contributed by atoms with Crippen LogP contribution < -0.4 is 10.2 Å². The highest BCUT2D eigenvalue weighted by Crippen LogP contribution is 2.32. The predicted octanol–water partition coefficient (Wildman–Crippen LogP) is 6.17. The number of aromatic nitrogens is 3. The molecule has 0 saturated carbocycles. The van der Waals surface area contributed by atoms with Gasteiger partial charge in [0, 0.05) is 42.4 Å². The first-order valence-electron chi connectivity index (χ1n) is 13.4. The van der Waals surface area contributed by atoms with Gasteiger partial charge in [-0.15, -0.1) is 16.4 Å². The molecule has 11 heteroatoms. The smallest absolute Gasteiger partial charge is 0.410 e. The number of halogens is 1. The number of nitrogens with zero attached hydrogens (tertiary/aromatic N) is 5. The molecule has 2 amide bonds. The molecule has 9 nitrogen and oxygen atoms in total. The van der Waals surface area contributed by atoms with Crippen LogP contribution in [0.1, 0.15) is 55.9 Å². The van der Waals surface area contributed by atoms with Crippen molar-refractivity contribution in [2.45, 2.75) is 59.1 Å². The Morgan fingerprint density at radius 2 is 1.93 bits per heavy atom. The van der Waals surface area contributed by atoms with Gasteiger partial charge in [-0.05, 0) is 77.8 Å². The van der Waals surface area contributed by atoms with E-state index < -0.39 is 17.3 Å². The van der Waals surface area contributed by atoms with Gasteiger partial charge in [-0.3, -0.25) is 4.79 Å². The number of hydrogen-bond acceptors (Lipinski definition) is 8. The molecular weight excluding hydrogens is 531 g/mol. The fourth-order valence-corrected chi connectivity index (χ4v) is 6.05. The predicted molar refractivity (Wildman–Crippen MR) is 156 cm³/mol. The SMILES string of the molecule is CCN(C(=O)OC(C)(C)C)C1CCN(c2ccc(C(=O)Nc3cc(F)c4nc(C)sc4c3)c3nnccc23)CC1. The van der Waals surface area contributed by atoms with Gasteiger partial charge >= 0.3 is 6.09 Å². The van der Waals surface area contributed by atoms with Crippen molar-refractivity contribution in [3.05, 3.63) is 52.9 Å². The van der Waals surface area contributed by atoms with Gasteiger partial charge in [-0.2, -0.15) is 5.10 Å². The van der Waals surface area contributed by atoms with Crippen LogP contribution in [0.4, 0.5) is 20.6 Å². The number of aryl methyl sites for hydroxylation is 1. The summed E-state index contributed by atoms with van der Waals surface area (Å²) >= 11 is 1.37. The number of carbonyl (C=O) groups excluding carboxylic acids is 2. The molecule has 0 unspecified atom stereocenters. The summed E-state index contributed by atoms with van der Waals surface area (Å²) in [6, 6.07) is 8.60. The Balaban J connectivity index is 1.34. The fraction of sp³-hybridized carbons (Fsp3) is 0.414. The van der Waals surface area contributed by atoms with Crippen LogP contribution >= 0.6 is 11.3 Å². The lowest BCUT2D eigenvalue weighted by atomic mass is 10.0. The molecule has 1 fully saturated rings. The van der Waals surface area contributed by atoms with Gasteiger partial charge in [-0.25, -0.2) is 14.2 Å². The number of amides is 2. The molecule has 40 heavy (non-hydrogen) atoms. The highest BCUT2D eigenvalue weighted by Gasteiger charge is 2.31. The largest absolute Gasteiger partial charge is 0.444 e. The monoisotopic (exact) mass is 564 g/mol. The lowest BCUT2D eigenvalue weighted by Crippen LogP contribution is -2.48.